The lowest BCUT2D eigenvalue weighted by atomic mass is 10.2. The fourth-order valence-electron chi connectivity index (χ4n) is 1.59. The Balaban J connectivity index is 4.00. The average molecular weight is 248 g/mol. The van der Waals surface area contributed by atoms with Crippen LogP contribution in [0.15, 0.2) is 0 Å². The van der Waals surface area contributed by atoms with Gasteiger partial charge in [-0.2, -0.15) is 0 Å². The van der Waals surface area contributed by atoms with Gasteiger partial charge in [0.05, 0.1) is 11.6 Å². The van der Waals surface area contributed by atoms with Crippen LogP contribution < -0.4 is 5.73 Å². The second kappa shape index (κ2) is 9.96. The Hall–Kier alpha value is -0.230. The van der Waals surface area contributed by atoms with Crippen molar-refractivity contribution in [3.8, 4) is 0 Å². The van der Waals surface area contributed by atoms with Crippen molar-refractivity contribution < 1.29 is 9.47 Å². The van der Waals surface area contributed by atoms with Crippen LogP contribution in [0.4, 0.5) is 0 Å². The van der Waals surface area contributed by atoms with E-state index in [1.54, 1.807) is 14.2 Å². The molecule has 0 aliphatic rings. The van der Waals surface area contributed by atoms with Gasteiger partial charge in [-0.25, -0.2) is 0 Å². The molecule has 16 heavy (non-hydrogen) atoms. The first kappa shape index (κ1) is 15.8. The zero-order chi connectivity index (χ0) is 12.4. The summed E-state index contributed by atoms with van der Waals surface area (Å²) in [5.41, 5.74) is 5.56. The highest BCUT2D eigenvalue weighted by atomic mass is 32.1. The zero-order valence-corrected chi connectivity index (χ0v) is 11.4. The van der Waals surface area contributed by atoms with Gasteiger partial charge in [-0.15, -0.1) is 0 Å². The van der Waals surface area contributed by atoms with Crippen LogP contribution >= 0.6 is 12.2 Å². The number of nitrogens with zero attached hydrogens (tertiary/aromatic N) is 1. The smallest absolute Gasteiger partial charge is 0.0742 e. The first-order valence-corrected chi connectivity index (χ1v) is 6.02. The van der Waals surface area contributed by atoms with Gasteiger partial charge in [0.1, 0.15) is 0 Å². The fraction of sp³-hybridized carbons (Fsp3) is 0.909. The Kier molecular flexibility index (Phi) is 9.82. The Morgan fingerprint density at radius 2 is 1.88 bits per heavy atom. The molecule has 2 N–H and O–H groups in total. The van der Waals surface area contributed by atoms with Gasteiger partial charge < -0.3 is 15.2 Å². The van der Waals surface area contributed by atoms with E-state index in [2.05, 4.69) is 11.8 Å². The number of hydrogen-bond acceptors (Lipinski definition) is 4. The van der Waals surface area contributed by atoms with E-state index in [1.165, 1.54) is 0 Å². The molecule has 0 saturated carbocycles. The maximum Gasteiger partial charge on any atom is 0.0742 e. The third kappa shape index (κ3) is 7.98. The fourth-order valence-corrected chi connectivity index (χ4v) is 1.83. The van der Waals surface area contributed by atoms with E-state index >= 15 is 0 Å². The van der Waals surface area contributed by atoms with Crippen molar-refractivity contribution in [2.75, 3.05) is 40.5 Å². The van der Waals surface area contributed by atoms with Crippen LogP contribution in [-0.4, -0.2) is 56.5 Å². The molecule has 0 aromatic heterocycles. The second-order valence-electron chi connectivity index (χ2n) is 3.89. The summed E-state index contributed by atoms with van der Waals surface area (Å²) in [7, 11) is 3.43. The Morgan fingerprint density at radius 3 is 2.38 bits per heavy atom. The van der Waals surface area contributed by atoms with E-state index in [4.69, 9.17) is 27.4 Å². The van der Waals surface area contributed by atoms with Crippen LogP contribution in [0.3, 0.4) is 0 Å². The maximum atomic E-state index is 5.56. The van der Waals surface area contributed by atoms with E-state index in [1.807, 2.05) is 0 Å². The summed E-state index contributed by atoms with van der Waals surface area (Å²) in [5, 5.41) is 0. The largest absolute Gasteiger partial charge is 0.393 e. The van der Waals surface area contributed by atoms with Crippen LogP contribution in [0.1, 0.15) is 19.8 Å². The quantitative estimate of drug-likeness (QED) is 0.462. The number of thiocarbonyl (C=S) groups is 1. The van der Waals surface area contributed by atoms with Crippen molar-refractivity contribution in [2.45, 2.75) is 25.8 Å². The van der Waals surface area contributed by atoms with Gasteiger partial charge in [0, 0.05) is 46.4 Å². The molecule has 0 saturated heterocycles. The summed E-state index contributed by atoms with van der Waals surface area (Å²) < 4.78 is 10.1. The van der Waals surface area contributed by atoms with Gasteiger partial charge in [-0.3, -0.25) is 4.90 Å². The molecule has 5 heteroatoms. The lowest BCUT2D eigenvalue weighted by Gasteiger charge is -2.28. The summed E-state index contributed by atoms with van der Waals surface area (Å²) in [5.74, 6) is 0. The highest BCUT2D eigenvalue weighted by Crippen LogP contribution is 2.05. The highest BCUT2D eigenvalue weighted by molar-refractivity contribution is 7.80. The lowest BCUT2D eigenvalue weighted by molar-refractivity contribution is 0.113. The van der Waals surface area contributed by atoms with E-state index in [0.717, 1.165) is 39.1 Å². The molecule has 0 radical (unpaired) electrons. The van der Waals surface area contributed by atoms with Crippen LogP contribution in [0.2, 0.25) is 0 Å². The molecule has 1 atom stereocenters. The highest BCUT2D eigenvalue weighted by Gasteiger charge is 2.13. The normalized spacial score (nSPS) is 13.0. The first-order valence-electron chi connectivity index (χ1n) is 5.62. The van der Waals surface area contributed by atoms with Crippen molar-refractivity contribution >= 4 is 17.2 Å². The number of nitrogens with two attached hydrogens (primary N) is 1. The van der Waals surface area contributed by atoms with Crippen LogP contribution in [-0.2, 0) is 9.47 Å². The summed E-state index contributed by atoms with van der Waals surface area (Å²) in [6.07, 6.45) is 1.77. The monoisotopic (exact) mass is 248 g/mol. The number of rotatable bonds is 10. The molecule has 0 spiro atoms. The Labute approximate surface area is 104 Å². The molecule has 0 amide bonds. The molecule has 0 heterocycles. The first-order chi connectivity index (χ1) is 7.61. The maximum absolute atomic E-state index is 5.56. The SMILES string of the molecule is COCCCN(CCOC)C(C)CC(N)=S. The molecule has 0 rings (SSSR count). The molecule has 1 unspecified atom stereocenters. The molecular weight excluding hydrogens is 224 g/mol. The second-order valence-corrected chi connectivity index (χ2v) is 4.42. The van der Waals surface area contributed by atoms with Gasteiger partial charge in [-0.05, 0) is 13.3 Å². The zero-order valence-electron chi connectivity index (χ0n) is 10.6. The molecule has 0 aliphatic heterocycles. The predicted octanol–water partition coefficient (Wildman–Crippen LogP) is 1.04. The Morgan fingerprint density at radius 1 is 1.25 bits per heavy atom. The molecular formula is C11H24N2O2S. The van der Waals surface area contributed by atoms with Crippen molar-refractivity contribution in [1.82, 2.24) is 4.90 Å². The molecule has 0 aliphatic carbocycles. The van der Waals surface area contributed by atoms with Crippen molar-refractivity contribution in [3.63, 3.8) is 0 Å². The molecule has 0 aromatic rings. The van der Waals surface area contributed by atoms with Crippen LogP contribution in [0.5, 0.6) is 0 Å². The minimum Gasteiger partial charge on any atom is -0.393 e. The standard InChI is InChI=1S/C11H24N2O2S/c1-10(9-11(12)16)13(6-8-15-3)5-4-7-14-2/h10H,4-9H2,1-3H3,(H2,12,16). The summed E-state index contributed by atoms with van der Waals surface area (Å²) in [6, 6.07) is 0.365. The summed E-state index contributed by atoms with van der Waals surface area (Å²) in [4.78, 5) is 2.91. The average Bonchev–Trinajstić information content (AvgIpc) is 2.22. The van der Waals surface area contributed by atoms with Crippen LogP contribution in [0.25, 0.3) is 0 Å². The van der Waals surface area contributed by atoms with Crippen molar-refractivity contribution in [2.24, 2.45) is 5.73 Å². The summed E-state index contributed by atoms with van der Waals surface area (Å²) in [6.45, 7) is 5.55. The van der Waals surface area contributed by atoms with Gasteiger partial charge in [0.25, 0.3) is 0 Å². The Bertz CT molecular complexity index is 191. The van der Waals surface area contributed by atoms with Gasteiger partial charge in [0.2, 0.25) is 0 Å². The number of methoxy groups -OCH3 is 2. The topological polar surface area (TPSA) is 47.7 Å². The van der Waals surface area contributed by atoms with Gasteiger partial charge in [-0.1, -0.05) is 12.2 Å². The lowest BCUT2D eigenvalue weighted by Crippen LogP contribution is -2.39. The molecule has 0 aromatic carbocycles. The van der Waals surface area contributed by atoms with E-state index in [9.17, 15) is 0 Å². The predicted molar refractivity (Wildman–Crippen MR) is 70.8 cm³/mol. The van der Waals surface area contributed by atoms with Crippen molar-refractivity contribution in [1.29, 1.82) is 0 Å². The third-order valence-electron chi connectivity index (χ3n) is 2.50. The van der Waals surface area contributed by atoms with E-state index in [-0.39, 0.29) is 0 Å². The van der Waals surface area contributed by atoms with Crippen molar-refractivity contribution in [3.05, 3.63) is 0 Å². The minimum absolute atomic E-state index is 0.365. The molecule has 96 valence electrons. The molecule has 0 bridgehead atoms. The van der Waals surface area contributed by atoms with Gasteiger partial charge in [0.15, 0.2) is 0 Å². The minimum atomic E-state index is 0.365. The number of hydrogen-bond donors (Lipinski definition) is 1. The molecule has 0 fully saturated rings. The van der Waals surface area contributed by atoms with Crippen LogP contribution in [0, 0.1) is 0 Å². The van der Waals surface area contributed by atoms with Gasteiger partial charge >= 0.3 is 0 Å². The van der Waals surface area contributed by atoms with E-state index in [0.29, 0.717) is 11.0 Å². The van der Waals surface area contributed by atoms with E-state index < -0.39 is 0 Å². The third-order valence-corrected chi connectivity index (χ3v) is 2.66. The molecule has 4 nitrogen and oxygen atoms in total. The summed E-state index contributed by atoms with van der Waals surface area (Å²) >= 11 is 4.93. The number of ether oxygens (including phenoxy) is 2.